The molecule has 0 saturated carbocycles. The van der Waals surface area contributed by atoms with Crippen molar-refractivity contribution >= 4 is 50.7 Å². The lowest BCUT2D eigenvalue weighted by molar-refractivity contribution is -0.141. The van der Waals surface area contributed by atoms with Crippen LogP contribution >= 0.6 is 23.2 Å². The van der Waals surface area contributed by atoms with Gasteiger partial charge in [-0.25, -0.2) is 8.42 Å². The highest BCUT2D eigenvalue weighted by atomic mass is 35.5. The van der Waals surface area contributed by atoms with Gasteiger partial charge in [0, 0.05) is 42.0 Å². The van der Waals surface area contributed by atoms with Gasteiger partial charge in [-0.2, -0.15) is 0 Å². The van der Waals surface area contributed by atoms with Gasteiger partial charge in [-0.3, -0.25) is 13.9 Å². The second-order valence-corrected chi connectivity index (χ2v) is 13.7. The maximum absolute atomic E-state index is 14.0. The topological polar surface area (TPSA) is 86.8 Å². The molecule has 0 heterocycles. The van der Waals surface area contributed by atoms with Crippen molar-refractivity contribution in [1.82, 2.24) is 10.2 Å². The van der Waals surface area contributed by atoms with Crippen molar-refractivity contribution in [1.29, 1.82) is 0 Å². The van der Waals surface area contributed by atoms with Crippen LogP contribution in [-0.4, -0.2) is 50.0 Å². The van der Waals surface area contributed by atoms with Gasteiger partial charge in [0.25, 0.3) is 0 Å². The zero-order chi connectivity index (χ0) is 31.7. The van der Waals surface area contributed by atoms with E-state index in [1.807, 2.05) is 70.2 Å². The Labute approximate surface area is 266 Å². The fourth-order valence-corrected chi connectivity index (χ4v) is 6.30. The van der Waals surface area contributed by atoms with Crippen LogP contribution in [0.4, 0.5) is 5.69 Å². The first-order valence-corrected chi connectivity index (χ1v) is 17.0. The fraction of sp³-hybridized carbons (Fsp3) is 0.394. The van der Waals surface area contributed by atoms with Gasteiger partial charge in [0.05, 0.1) is 11.9 Å². The number of sulfonamides is 1. The number of amides is 2. The molecule has 0 radical (unpaired) electrons. The van der Waals surface area contributed by atoms with Gasteiger partial charge < -0.3 is 10.2 Å². The van der Waals surface area contributed by atoms with E-state index in [4.69, 9.17) is 23.2 Å². The van der Waals surface area contributed by atoms with Gasteiger partial charge in [0.15, 0.2) is 0 Å². The SMILES string of the molecule is CC[C@@H](C)NC(=O)[C@H](Cc1ccccc1)N(Cc1ccc(Cl)cc1Cl)C(=O)CCCN(c1cccc(C)c1C)S(C)(=O)=O. The third kappa shape index (κ3) is 9.71. The van der Waals surface area contributed by atoms with E-state index >= 15 is 0 Å². The summed E-state index contributed by atoms with van der Waals surface area (Å²) in [7, 11) is -3.61. The molecule has 43 heavy (non-hydrogen) atoms. The molecule has 0 aliphatic heterocycles. The average Bonchev–Trinajstić information content (AvgIpc) is 2.95. The van der Waals surface area contributed by atoms with Gasteiger partial charge in [-0.15, -0.1) is 0 Å². The van der Waals surface area contributed by atoms with Crippen LogP contribution in [-0.2, 0) is 32.6 Å². The molecule has 0 saturated heterocycles. The number of nitrogens with one attached hydrogen (secondary N) is 1. The van der Waals surface area contributed by atoms with Gasteiger partial charge in [0.1, 0.15) is 6.04 Å². The van der Waals surface area contributed by atoms with E-state index in [0.29, 0.717) is 27.7 Å². The molecule has 3 aromatic carbocycles. The van der Waals surface area contributed by atoms with Crippen LogP contribution in [0.1, 0.15) is 55.4 Å². The smallest absolute Gasteiger partial charge is 0.243 e. The summed E-state index contributed by atoms with van der Waals surface area (Å²) in [5, 5.41) is 3.91. The summed E-state index contributed by atoms with van der Waals surface area (Å²) in [5.74, 6) is -0.537. The zero-order valence-corrected chi connectivity index (χ0v) is 27.8. The minimum Gasteiger partial charge on any atom is -0.352 e. The summed E-state index contributed by atoms with van der Waals surface area (Å²) in [6.45, 7) is 7.93. The summed E-state index contributed by atoms with van der Waals surface area (Å²) in [6, 6.07) is 19.2. The van der Waals surface area contributed by atoms with Crippen LogP contribution < -0.4 is 9.62 Å². The normalized spacial score (nSPS) is 12.8. The second-order valence-electron chi connectivity index (χ2n) is 10.9. The lowest BCUT2D eigenvalue weighted by Gasteiger charge is -2.33. The quantitative estimate of drug-likeness (QED) is 0.211. The zero-order valence-electron chi connectivity index (χ0n) is 25.4. The number of hydrogen-bond donors (Lipinski definition) is 1. The van der Waals surface area contributed by atoms with Gasteiger partial charge in [0.2, 0.25) is 21.8 Å². The number of hydrogen-bond acceptors (Lipinski definition) is 4. The minimum absolute atomic E-state index is 0.0317. The lowest BCUT2D eigenvalue weighted by atomic mass is 10.0. The van der Waals surface area contributed by atoms with Gasteiger partial charge in [-0.05, 0) is 74.1 Å². The van der Waals surface area contributed by atoms with Crippen LogP contribution in [0.2, 0.25) is 10.0 Å². The Kier molecular flexibility index (Phi) is 12.5. The van der Waals surface area contributed by atoms with Crippen LogP contribution in [0, 0.1) is 13.8 Å². The van der Waals surface area contributed by atoms with Crippen molar-refractivity contribution in [2.45, 2.75) is 72.0 Å². The van der Waals surface area contributed by atoms with Crippen molar-refractivity contribution in [3.63, 3.8) is 0 Å². The van der Waals surface area contributed by atoms with E-state index in [2.05, 4.69) is 5.32 Å². The number of rotatable bonds is 14. The minimum atomic E-state index is -3.61. The molecular formula is C33H41Cl2N3O4S. The molecule has 10 heteroatoms. The Bertz CT molecular complexity index is 1520. The largest absolute Gasteiger partial charge is 0.352 e. The van der Waals surface area contributed by atoms with E-state index in [0.717, 1.165) is 23.1 Å². The van der Waals surface area contributed by atoms with E-state index < -0.39 is 16.1 Å². The molecule has 1 N–H and O–H groups in total. The molecule has 3 rings (SSSR count). The van der Waals surface area contributed by atoms with Crippen molar-refractivity contribution in [3.8, 4) is 0 Å². The number of carbonyl (C=O) groups excluding carboxylic acids is 2. The third-order valence-electron chi connectivity index (χ3n) is 7.62. The summed E-state index contributed by atoms with van der Waals surface area (Å²) in [5.41, 5.74) is 3.99. The highest BCUT2D eigenvalue weighted by Gasteiger charge is 2.31. The first-order valence-electron chi connectivity index (χ1n) is 14.4. The first kappa shape index (κ1) is 34.4. The monoisotopic (exact) mass is 645 g/mol. The van der Waals surface area contributed by atoms with Gasteiger partial charge in [-0.1, -0.05) is 78.7 Å². The van der Waals surface area contributed by atoms with Crippen molar-refractivity contribution in [2.24, 2.45) is 0 Å². The average molecular weight is 647 g/mol. The highest BCUT2D eigenvalue weighted by Crippen LogP contribution is 2.27. The number of aryl methyl sites for hydroxylation is 1. The molecule has 0 bridgehead atoms. The summed E-state index contributed by atoms with van der Waals surface area (Å²) < 4.78 is 26.9. The molecule has 0 spiro atoms. The van der Waals surface area contributed by atoms with Crippen LogP contribution in [0.3, 0.4) is 0 Å². The van der Waals surface area contributed by atoms with E-state index in [-0.39, 0.29) is 43.8 Å². The number of benzene rings is 3. The standard InChI is InChI=1S/C33H41Cl2N3O4S/c1-6-24(3)36-33(40)31(20-26-13-8-7-9-14-26)37(22-27-17-18-28(34)21-29(27)35)32(39)16-11-19-38(43(5,41)42)30-15-10-12-23(2)25(30)4/h7-10,12-15,17-18,21,24,31H,6,11,16,19-20,22H2,1-5H3,(H,36,40)/t24-,31+/m1/s1. The molecule has 0 aliphatic carbocycles. The predicted octanol–water partition coefficient (Wildman–Crippen LogP) is 6.71. The molecule has 3 aromatic rings. The second kappa shape index (κ2) is 15.6. The maximum Gasteiger partial charge on any atom is 0.243 e. The number of carbonyl (C=O) groups is 2. The summed E-state index contributed by atoms with van der Waals surface area (Å²) in [4.78, 5) is 29.3. The molecule has 0 aliphatic rings. The lowest BCUT2D eigenvalue weighted by Crippen LogP contribution is -2.52. The first-order chi connectivity index (χ1) is 20.3. The van der Waals surface area contributed by atoms with E-state index in [1.165, 1.54) is 10.6 Å². The van der Waals surface area contributed by atoms with Crippen molar-refractivity contribution < 1.29 is 18.0 Å². The number of anilines is 1. The predicted molar refractivity (Wildman–Crippen MR) is 176 cm³/mol. The molecule has 7 nitrogen and oxygen atoms in total. The molecule has 2 atom stereocenters. The Morgan fingerprint density at radius 2 is 1.67 bits per heavy atom. The maximum atomic E-state index is 14.0. The molecular weight excluding hydrogens is 605 g/mol. The van der Waals surface area contributed by atoms with E-state index in [9.17, 15) is 18.0 Å². The Hall–Kier alpha value is -3.07. The Morgan fingerprint density at radius 3 is 2.30 bits per heavy atom. The van der Waals surface area contributed by atoms with Crippen LogP contribution in [0.5, 0.6) is 0 Å². The molecule has 0 aromatic heterocycles. The van der Waals surface area contributed by atoms with Crippen LogP contribution in [0.25, 0.3) is 0 Å². The molecule has 0 fully saturated rings. The van der Waals surface area contributed by atoms with E-state index in [1.54, 1.807) is 29.2 Å². The van der Waals surface area contributed by atoms with Crippen LogP contribution in [0.15, 0.2) is 66.7 Å². The highest BCUT2D eigenvalue weighted by molar-refractivity contribution is 7.92. The number of nitrogens with zero attached hydrogens (tertiary/aromatic N) is 2. The Balaban J connectivity index is 1.94. The van der Waals surface area contributed by atoms with Gasteiger partial charge >= 0.3 is 0 Å². The summed E-state index contributed by atoms with van der Waals surface area (Å²) >= 11 is 12.7. The number of halogens is 2. The third-order valence-corrected chi connectivity index (χ3v) is 9.39. The molecule has 0 unspecified atom stereocenters. The molecule has 232 valence electrons. The van der Waals surface area contributed by atoms with Crippen molar-refractivity contribution in [2.75, 3.05) is 17.1 Å². The molecule has 2 amide bonds. The van der Waals surface area contributed by atoms with Crippen molar-refractivity contribution in [3.05, 3.63) is 99.0 Å². The fourth-order valence-electron chi connectivity index (χ4n) is 4.82. The summed E-state index contributed by atoms with van der Waals surface area (Å²) in [6.07, 6.45) is 2.50. The Morgan fingerprint density at radius 1 is 0.977 bits per heavy atom.